The molecule has 1 N–H and O–H groups in total. The molecule has 1 saturated carbocycles. The first-order valence-corrected chi connectivity index (χ1v) is 6.92. The van der Waals surface area contributed by atoms with Crippen molar-refractivity contribution in [3.8, 4) is 0 Å². The van der Waals surface area contributed by atoms with Crippen LogP contribution in [0.4, 0.5) is 5.95 Å². The van der Waals surface area contributed by atoms with E-state index in [1.165, 1.54) is 25.7 Å². The molecule has 0 radical (unpaired) electrons. The maximum atomic E-state index is 4.49. The van der Waals surface area contributed by atoms with Crippen LogP contribution in [0.2, 0.25) is 0 Å². The summed E-state index contributed by atoms with van der Waals surface area (Å²) >= 11 is 0. The number of hydrogen-bond acceptors (Lipinski definition) is 4. The van der Waals surface area contributed by atoms with Gasteiger partial charge in [-0.25, -0.2) is 4.52 Å². The SMILES string of the molecule is CN(C)C1(CNc2nc3ccccn3n2)CCCC1. The molecule has 19 heavy (non-hydrogen) atoms. The van der Waals surface area contributed by atoms with Crippen molar-refractivity contribution in [2.45, 2.75) is 31.2 Å². The second-order valence-corrected chi connectivity index (χ2v) is 5.62. The third-order valence-electron chi connectivity index (χ3n) is 4.30. The average Bonchev–Trinajstić information content (AvgIpc) is 3.03. The predicted octanol–water partition coefficient (Wildman–Crippen LogP) is 2.02. The number of rotatable bonds is 4. The monoisotopic (exact) mass is 259 g/mol. The van der Waals surface area contributed by atoms with Crippen LogP contribution in [0.1, 0.15) is 25.7 Å². The minimum absolute atomic E-state index is 0.261. The van der Waals surface area contributed by atoms with Gasteiger partial charge in [0.1, 0.15) is 0 Å². The lowest BCUT2D eigenvalue weighted by molar-refractivity contribution is 0.172. The number of pyridine rings is 1. The molecule has 2 aromatic rings. The van der Waals surface area contributed by atoms with Crippen LogP contribution < -0.4 is 5.32 Å². The third kappa shape index (κ3) is 2.30. The maximum absolute atomic E-state index is 4.49. The first kappa shape index (κ1) is 12.4. The summed E-state index contributed by atoms with van der Waals surface area (Å²) in [7, 11) is 4.34. The Morgan fingerprint density at radius 1 is 1.32 bits per heavy atom. The third-order valence-corrected chi connectivity index (χ3v) is 4.30. The quantitative estimate of drug-likeness (QED) is 0.912. The normalized spacial score (nSPS) is 18.3. The van der Waals surface area contributed by atoms with E-state index in [1.54, 1.807) is 4.52 Å². The summed E-state index contributed by atoms with van der Waals surface area (Å²) in [5.41, 5.74) is 1.15. The number of fused-ring (bicyclic) bond motifs is 1. The van der Waals surface area contributed by atoms with Gasteiger partial charge in [0.25, 0.3) is 0 Å². The largest absolute Gasteiger partial charge is 0.351 e. The van der Waals surface area contributed by atoms with Gasteiger partial charge >= 0.3 is 0 Å². The molecule has 5 heteroatoms. The lowest BCUT2D eigenvalue weighted by atomic mass is 9.96. The van der Waals surface area contributed by atoms with E-state index in [0.29, 0.717) is 0 Å². The van der Waals surface area contributed by atoms with Crippen molar-refractivity contribution in [3.63, 3.8) is 0 Å². The van der Waals surface area contributed by atoms with Gasteiger partial charge in [-0.2, -0.15) is 4.98 Å². The summed E-state index contributed by atoms with van der Waals surface area (Å²) in [6.45, 7) is 0.914. The van der Waals surface area contributed by atoms with Crippen LogP contribution in [0.5, 0.6) is 0 Å². The van der Waals surface area contributed by atoms with Gasteiger partial charge in [0.15, 0.2) is 5.65 Å². The van der Waals surface area contributed by atoms with Crippen molar-refractivity contribution in [2.24, 2.45) is 0 Å². The van der Waals surface area contributed by atoms with Gasteiger partial charge in [-0.1, -0.05) is 18.9 Å². The lowest BCUT2D eigenvalue weighted by Crippen LogP contribution is -2.47. The molecule has 1 aliphatic carbocycles. The first-order valence-electron chi connectivity index (χ1n) is 6.92. The number of likely N-dealkylation sites (N-methyl/N-ethyl adjacent to an activating group) is 1. The fourth-order valence-electron chi connectivity index (χ4n) is 2.97. The molecule has 2 heterocycles. The lowest BCUT2D eigenvalue weighted by Gasteiger charge is -2.36. The van der Waals surface area contributed by atoms with Crippen LogP contribution in [-0.4, -0.2) is 45.7 Å². The van der Waals surface area contributed by atoms with E-state index in [1.807, 2.05) is 24.4 Å². The van der Waals surface area contributed by atoms with Gasteiger partial charge < -0.3 is 10.2 Å². The van der Waals surface area contributed by atoms with Crippen LogP contribution in [0.3, 0.4) is 0 Å². The molecule has 0 atom stereocenters. The minimum Gasteiger partial charge on any atom is -0.351 e. The number of nitrogens with zero attached hydrogens (tertiary/aromatic N) is 4. The molecule has 0 amide bonds. The Kier molecular flexibility index (Phi) is 3.14. The summed E-state index contributed by atoms with van der Waals surface area (Å²) in [6.07, 6.45) is 7.06. The molecule has 1 aliphatic rings. The molecule has 0 aliphatic heterocycles. The van der Waals surface area contributed by atoms with Gasteiger partial charge in [-0.05, 0) is 39.1 Å². The topological polar surface area (TPSA) is 45.5 Å². The van der Waals surface area contributed by atoms with Crippen LogP contribution in [0.25, 0.3) is 5.65 Å². The molecule has 102 valence electrons. The van der Waals surface area contributed by atoms with Gasteiger partial charge in [0.05, 0.1) is 0 Å². The molecule has 0 unspecified atom stereocenters. The zero-order valence-electron chi connectivity index (χ0n) is 11.6. The molecule has 0 saturated heterocycles. The zero-order valence-corrected chi connectivity index (χ0v) is 11.6. The van der Waals surface area contributed by atoms with E-state index in [-0.39, 0.29) is 5.54 Å². The standard InChI is InChI=1S/C14H21N5/c1-18(2)14(8-4-5-9-14)11-15-13-16-12-7-3-6-10-19(12)17-13/h3,6-7,10H,4-5,8-9,11H2,1-2H3,(H,15,17). The summed E-state index contributed by atoms with van der Waals surface area (Å²) in [6, 6.07) is 5.91. The molecular weight excluding hydrogens is 238 g/mol. The predicted molar refractivity (Wildman–Crippen MR) is 76.4 cm³/mol. The van der Waals surface area contributed by atoms with Crippen molar-refractivity contribution in [1.82, 2.24) is 19.5 Å². The second-order valence-electron chi connectivity index (χ2n) is 5.62. The molecule has 1 fully saturated rings. The summed E-state index contributed by atoms with van der Waals surface area (Å²) < 4.78 is 1.80. The zero-order chi connectivity index (χ0) is 13.3. The fourth-order valence-corrected chi connectivity index (χ4v) is 2.97. The van der Waals surface area contributed by atoms with Crippen molar-refractivity contribution in [2.75, 3.05) is 26.0 Å². The Hall–Kier alpha value is -1.62. The second kappa shape index (κ2) is 4.81. The molecule has 5 nitrogen and oxygen atoms in total. The molecule has 0 aromatic carbocycles. The minimum atomic E-state index is 0.261. The smallest absolute Gasteiger partial charge is 0.243 e. The van der Waals surface area contributed by atoms with Crippen molar-refractivity contribution < 1.29 is 0 Å². The number of anilines is 1. The van der Waals surface area contributed by atoms with E-state index in [0.717, 1.165) is 18.1 Å². The van der Waals surface area contributed by atoms with Gasteiger partial charge in [-0.3, -0.25) is 0 Å². The molecule has 3 rings (SSSR count). The highest BCUT2D eigenvalue weighted by Gasteiger charge is 2.35. The molecule has 2 aromatic heterocycles. The van der Waals surface area contributed by atoms with Crippen molar-refractivity contribution in [1.29, 1.82) is 0 Å². The Labute approximate surface area is 113 Å². The van der Waals surface area contributed by atoms with Crippen LogP contribution >= 0.6 is 0 Å². The fraction of sp³-hybridized carbons (Fsp3) is 0.571. The van der Waals surface area contributed by atoms with Gasteiger partial charge in [0, 0.05) is 18.3 Å². The van der Waals surface area contributed by atoms with Crippen molar-refractivity contribution >= 4 is 11.6 Å². The highest BCUT2D eigenvalue weighted by molar-refractivity contribution is 5.43. The Morgan fingerprint density at radius 3 is 2.79 bits per heavy atom. The summed E-state index contributed by atoms with van der Waals surface area (Å²) in [5.74, 6) is 0.722. The Bertz CT molecular complexity index is 521. The average molecular weight is 259 g/mol. The maximum Gasteiger partial charge on any atom is 0.243 e. The van der Waals surface area contributed by atoms with Gasteiger partial charge in [-0.15, -0.1) is 5.10 Å². The summed E-state index contributed by atoms with van der Waals surface area (Å²) in [5, 5.41) is 7.85. The number of nitrogens with one attached hydrogen (secondary N) is 1. The number of hydrogen-bond donors (Lipinski definition) is 1. The van der Waals surface area contributed by atoms with E-state index in [4.69, 9.17) is 0 Å². The van der Waals surface area contributed by atoms with E-state index in [2.05, 4.69) is 34.4 Å². The first-order chi connectivity index (χ1) is 9.20. The Morgan fingerprint density at radius 2 is 2.11 bits per heavy atom. The van der Waals surface area contributed by atoms with Gasteiger partial charge in [0.2, 0.25) is 5.95 Å². The van der Waals surface area contributed by atoms with E-state index in [9.17, 15) is 0 Å². The molecule has 0 spiro atoms. The van der Waals surface area contributed by atoms with Crippen LogP contribution in [-0.2, 0) is 0 Å². The molecular formula is C14H21N5. The highest BCUT2D eigenvalue weighted by Crippen LogP contribution is 2.33. The number of aromatic nitrogens is 3. The summed E-state index contributed by atoms with van der Waals surface area (Å²) in [4.78, 5) is 6.84. The van der Waals surface area contributed by atoms with Crippen molar-refractivity contribution in [3.05, 3.63) is 24.4 Å². The van der Waals surface area contributed by atoms with Crippen LogP contribution in [0, 0.1) is 0 Å². The van der Waals surface area contributed by atoms with E-state index >= 15 is 0 Å². The van der Waals surface area contributed by atoms with E-state index < -0.39 is 0 Å². The molecule has 0 bridgehead atoms. The van der Waals surface area contributed by atoms with Crippen LogP contribution in [0.15, 0.2) is 24.4 Å². The highest BCUT2D eigenvalue weighted by atomic mass is 15.3. The Balaban J connectivity index is 1.74.